The molecule has 0 unspecified atom stereocenters. The van der Waals surface area contributed by atoms with Gasteiger partial charge in [0.1, 0.15) is 5.82 Å². The molecule has 0 aliphatic carbocycles. The van der Waals surface area contributed by atoms with Gasteiger partial charge in [-0.1, -0.05) is 35.5 Å². The summed E-state index contributed by atoms with van der Waals surface area (Å²) in [5, 5.41) is 24.4. The number of hydrogen-bond donors (Lipinski definition) is 1. The van der Waals surface area contributed by atoms with Gasteiger partial charge in [-0.3, -0.25) is 4.79 Å². The number of nitrogens with zero attached hydrogens (tertiary/aromatic N) is 2. The number of carbonyl (C=O) groups excluding carboxylic acids is 1. The van der Waals surface area contributed by atoms with Crippen LogP contribution in [0.4, 0.5) is 4.39 Å². The molecule has 6 heteroatoms. The molecule has 0 spiro atoms. The van der Waals surface area contributed by atoms with Crippen LogP contribution in [0.3, 0.4) is 0 Å². The van der Waals surface area contributed by atoms with Crippen molar-refractivity contribution in [1.29, 1.82) is 0 Å². The van der Waals surface area contributed by atoms with Crippen molar-refractivity contribution in [3.63, 3.8) is 0 Å². The lowest BCUT2D eigenvalue weighted by Gasteiger charge is -2.09. The van der Waals surface area contributed by atoms with Crippen molar-refractivity contribution < 1.29 is 19.1 Å². The van der Waals surface area contributed by atoms with E-state index < -0.39 is 11.6 Å². The van der Waals surface area contributed by atoms with Gasteiger partial charge in [0.25, 0.3) is 5.78 Å². The smallest absolute Gasteiger partial charge is 0.252 e. The van der Waals surface area contributed by atoms with E-state index >= 15 is 0 Å². The summed E-state index contributed by atoms with van der Waals surface area (Å²) in [6.45, 7) is 1.10. The molecule has 0 aliphatic rings. The third-order valence-corrected chi connectivity index (χ3v) is 3.33. The number of oxime groups is 1. The van der Waals surface area contributed by atoms with E-state index in [1.54, 1.807) is 30.3 Å². The monoisotopic (exact) mass is 314 g/mol. The van der Waals surface area contributed by atoms with Crippen LogP contribution < -0.4 is 0 Å². The first kappa shape index (κ1) is 16.4. The second-order valence-electron chi connectivity index (χ2n) is 4.87. The molecule has 0 aromatic heterocycles. The predicted octanol–water partition coefficient (Wildman–Crippen LogP) is 2.86. The summed E-state index contributed by atoms with van der Waals surface area (Å²) in [5.41, 5.74) is 0.866. The Kier molecular flexibility index (Phi) is 5.19. The number of rotatable bonds is 5. The molecule has 2 rings (SSSR count). The van der Waals surface area contributed by atoms with E-state index in [4.69, 9.17) is 5.21 Å². The molecule has 0 bridgehead atoms. The van der Waals surface area contributed by atoms with Crippen molar-refractivity contribution in [2.24, 2.45) is 5.16 Å². The van der Waals surface area contributed by atoms with E-state index in [0.29, 0.717) is 10.3 Å². The number of Topliss-reactive ketones (excluding diaryl/α,β-unsaturated/α-hetero) is 1. The standard InChI is InChI=1S/C17H15FN2O3/c1-12(17(21)14-7-9-15(18)10-8-14)20(23)11-16(19-22)13-5-3-2-4-6-13/h2-10,22H,11H2,1H3/b19-16-,20-12-. The molecule has 0 saturated carbocycles. The number of halogens is 1. The summed E-state index contributed by atoms with van der Waals surface area (Å²) >= 11 is 0. The van der Waals surface area contributed by atoms with Crippen molar-refractivity contribution in [3.8, 4) is 0 Å². The van der Waals surface area contributed by atoms with Crippen LogP contribution >= 0.6 is 0 Å². The Hall–Kier alpha value is -3.02. The molecule has 0 aliphatic heterocycles. The Morgan fingerprint density at radius 1 is 1.13 bits per heavy atom. The minimum absolute atomic E-state index is 0.0753. The Morgan fingerprint density at radius 3 is 2.30 bits per heavy atom. The topological polar surface area (TPSA) is 75.7 Å². The van der Waals surface area contributed by atoms with Crippen LogP contribution in [0, 0.1) is 11.0 Å². The molecule has 0 amide bonds. The van der Waals surface area contributed by atoms with Gasteiger partial charge in [0, 0.05) is 18.1 Å². The van der Waals surface area contributed by atoms with Crippen LogP contribution in [0.5, 0.6) is 0 Å². The van der Waals surface area contributed by atoms with Crippen molar-refractivity contribution in [1.82, 2.24) is 0 Å². The van der Waals surface area contributed by atoms with Crippen LogP contribution in [0.2, 0.25) is 0 Å². The Labute approximate surface area is 132 Å². The van der Waals surface area contributed by atoms with Crippen molar-refractivity contribution in [3.05, 3.63) is 76.7 Å². The van der Waals surface area contributed by atoms with E-state index in [1.165, 1.54) is 19.1 Å². The number of hydrogen-bond acceptors (Lipinski definition) is 4. The summed E-state index contributed by atoms with van der Waals surface area (Å²) in [5.74, 6) is -0.970. The highest BCUT2D eigenvalue weighted by Gasteiger charge is 2.19. The minimum Gasteiger partial charge on any atom is -0.623 e. The molecule has 1 N–H and O–H groups in total. The first-order chi connectivity index (χ1) is 11.0. The molecule has 2 aromatic carbocycles. The third-order valence-electron chi connectivity index (χ3n) is 3.33. The number of hydroxylamine groups is 1. The lowest BCUT2D eigenvalue weighted by Crippen LogP contribution is -2.27. The molecule has 5 nitrogen and oxygen atoms in total. The normalized spacial score (nSPS) is 12.7. The highest BCUT2D eigenvalue weighted by Crippen LogP contribution is 2.06. The SMILES string of the molecule is C/C(C(=O)c1ccc(F)cc1)=[N+](/[O-])C/C(=N/O)c1ccccc1. The second kappa shape index (κ2) is 7.31. The van der Waals surface area contributed by atoms with E-state index in [9.17, 15) is 14.4 Å². The third kappa shape index (κ3) is 4.00. The summed E-state index contributed by atoms with van der Waals surface area (Å²) in [4.78, 5) is 12.2. The average molecular weight is 314 g/mol. The molecular formula is C17H15FN2O3. The zero-order chi connectivity index (χ0) is 16.8. The fourth-order valence-electron chi connectivity index (χ4n) is 1.99. The predicted molar refractivity (Wildman–Crippen MR) is 84.7 cm³/mol. The second-order valence-corrected chi connectivity index (χ2v) is 4.87. The maximum absolute atomic E-state index is 12.9. The van der Waals surface area contributed by atoms with E-state index in [0.717, 1.165) is 12.1 Å². The molecule has 118 valence electrons. The molecular weight excluding hydrogens is 299 g/mol. The fraction of sp³-hybridized carbons (Fsp3) is 0.118. The summed E-state index contributed by atoms with van der Waals surface area (Å²) in [7, 11) is 0. The molecule has 0 saturated heterocycles. The molecule has 0 heterocycles. The van der Waals surface area contributed by atoms with Crippen molar-refractivity contribution in [2.75, 3.05) is 6.54 Å². The zero-order valence-corrected chi connectivity index (χ0v) is 12.4. The number of carbonyl (C=O) groups is 1. The van der Waals surface area contributed by atoms with Crippen LogP contribution in [0.25, 0.3) is 0 Å². The van der Waals surface area contributed by atoms with Gasteiger partial charge in [0.05, 0.1) is 0 Å². The Bertz CT molecular complexity index is 753. The molecule has 2 aromatic rings. The van der Waals surface area contributed by atoms with Crippen LogP contribution in [0.15, 0.2) is 59.8 Å². The van der Waals surface area contributed by atoms with Crippen LogP contribution in [-0.4, -0.2) is 33.7 Å². The summed E-state index contributed by atoms with van der Waals surface area (Å²) in [6.07, 6.45) is 0. The Balaban J connectivity index is 2.22. The van der Waals surface area contributed by atoms with Crippen LogP contribution in [-0.2, 0) is 0 Å². The van der Waals surface area contributed by atoms with Gasteiger partial charge < -0.3 is 10.4 Å². The zero-order valence-electron chi connectivity index (χ0n) is 12.4. The fourth-order valence-corrected chi connectivity index (χ4v) is 1.99. The number of benzene rings is 2. The van der Waals surface area contributed by atoms with Gasteiger partial charge >= 0.3 is 0 Å². The average Bonchev–Trinajstić information content (AvgIpc) is 2.59. The maximum Gasteiger partial charge on any atom is 0.252 e. The van der Waals surface area contributed by atoms with Gasteiger partial charge in [-0.05, 0) is 24.3 Å². The van der Waals surface area contributed by atoms with Gasteiger partial charge in [0.2, 0.25) is 5.71 Å². The van der Waals surface area contributed by atoms with Gasteiger partial charge in [-0.25, -0.2) is 4.39 Å². The molecule has 0 atom stereocenters. The van der Waals surface area contributed by atoms with E-state index in [2.05, 4.69) is 5.16 Å². The van der Waals surface area contributed by atoms with E-state index in [1.807, 2.05) is 0 Å². The van der Waals surface area contributed by atoms with Crippen LogP contribution in [0.1, 0.15) is 22.8 Å². The maximum atomic E-state index is 12.9. The van der Waals surface area contributed by atoms with Gasteiger partial charge in [0.15, 0.2) is 12.3 Å². The lowest BCUT2D eigenvalue weighted by molar-refractivity contribution is -0.439. The summed E-state index contributed by atoms with van der Waals surface area (Å²) < 4.78 is 13.3. The quantitative estimate of drug-likeness (QED) is 0.230. The minimum atomic E-state index is -0.509. The molecule has 0 fully saturated rings. The Morgan fingerprint density at radius 2 is 1.74 bits per heavy atom. The van der Waals surface area contributed by atoms with Crippen molar-refractivity contribution in [2.45, 2.75) is 6.92 Å². The van der Waals surface area contributed by atoms with Gasteiger partial charge in [-0.2, -0.15) is 4.74 Å². The molecule has 23 heavy (non-hydrogen) atoms. The van der Waals surface area contributed by atoms with Crippen molar-refractivity contribution >= 4 is 17.2 Å². The first-order valence-corrected chi connectivity index (χ1v) is 6.87. The summed E-state index contributed by atoms with van der Waals surface area (Å²) in [6, 6.07) is 13.6. The number of ketones is 1. The first-order valence-electron chi connectivity index (χ1n) is 6.87. The highest BCUT2D eigenvalue weighted by atomic mass is 19.1. The highest BCUT2D eigenvalue weighted by molar-refractivity contribution is 6.43. The molecule has 0 radical (unpaired) electrons. The van der Waals surface area contributed by atoms with Gasteiger partial charge in [-0.15, -0.1) is 0 Å². The lowest BCUT2D eigenvalue weighted by atomic mass is 10.1. The van der Waals surface area contributed by atoms with E-state index in [-0.39, 0.29) is 23.5 Å². The largest absolute Gasteiger partial charge is 0.623 e.